The van der Waals surface area contributed by atoms with Crippen LogP contribution in [0.25, 0.3) is 0 Å². The third kappa shape index (κ3) is 3.35. The first-order chi connectivity index (χ1) is 14.8. The third-order valence-corrected chi connectivity index (χ3v) is 5.53. The Hall–Kier alpha value is -3.85. The molecule has 0 spiro atoms. The van der Waals surface area contributed by atoms with Gasteiger partial charge >= 0.3 is 6.09 Å². The van der Waals surface area contributed by atoms with Gasteiger partial charge in [-0.25, -0.2) is 4.79 Å². The summed E-state index contributed by atoms with van der Waals surface area (Å²) in [5, 5.41) is 0. The molecule has 0 saturated heterocycles. The van der Waals surface area contributed by atoms with E-state index in [1.165, 1.54) is 11.1 Å². The van der Waals surface area contributed by atoms with Crippen LogP contribution in [-0.4, -0.2) is 6.09 Å². The number of para-hydroxylation sites is 2. The molecule has 1 unspecified atom stereocenters. The minimum Gasteiger partial charge on any atom is -0.410 e. The average Bonchev–Trinajstić information content (AvgIpc) is 2.95. The molecule has 5 rings (SSSR count). The van der Waals surface area contributed by atoms with Crippen molar-refractivity contribution in [2.24, 2.45) is 0 Å². The van der Waals surface area contributed by atoms with Crippen molar-refractivity contribution in [3.63, 3.8) is 0 Å². The fraction of sp³-hybridized carbons (Fsp3) is 0.0741. The SMILES string of the molecule is O=C(Oc1ccccc1)N1Cc2ccccc2C(c2ccccc2)c2ccccc21. The van der Waals surface area contributed by atoms with Gasteiger partial charge in [-0.2, -0.15) is 0 Å². The van der Waals surface area contributed by atoms with Crippen LogP contribution in [0.15, 0.2) is 109 Å². The summed E-state index contributed by atoms with van der Waals surface area (Å²) in [6.07, 6.45) is -0.378. The molecule has 0 N–H and O–H groups in total. The number of hydrogen-bond donors (Lipinski definition) is 0. The van der Waals surface area contributed by atoms with E-state index < -0.39 is 0 Å². The van der Waals surface area contributed by atoms with Gasteiger partial charge in [-0.3, -0.25) is 4.90 Å². The molecule has 0 radical (unpaired) electrons. The lowest BCUT2D eigenvalue weighted by atomic mass is 9.83. The van der Waals surface area contributed by atoms with Crippen LogP contribution in [0.5, 0.6) is 5.75 Å². The van der Waals surface area contributed by atoms with Gasteiger partial charge in [-0.15, -0.1) is 0 Å². The number of hydrogen-bond acceptors (Lipinski definition) is 2. The normalized spacial score (nSPS) is 14.9. The number of anilines is 1. The molecule has 0 saturated carbocycles. The lowest BCUT2D eigenvalue weighted by Gasteiger charge is -2.24. The second-order valence-corrected chi connectivity index (χ2v) is 7.37. The van der Waals surface area contributed by atoms with Crippen molar-refractivity contribution < 1.29 is 9.53 Å². The Labute approximate surface area is 176 Å². The third-order valence-electron chi connectivity index (χ3n) is 5.53. The molecule has 30 heavy (non-hydrogen) atoms. The van der Waals surface area contributed by atoms with Crippen molar-refractivity contribution in [1.82, 2.24) is 0 Å². The fourth-order valence-electron chi connectivity index (χ4n) is 4.17. The first-order valence-corrected chi connectivity index (χ1v) is 10.1. The van der Waals surface area contributed by atoms with Crippen molar-refractivity contribution in [3.05, 3.63) is 131 Å². The summed E-state index contributed by atoms with van der Waals surface area (Å²) >= 11 is 0. The van der Waals surface area contributed by atoms with Gasteiger partial charge in [0.1, 0.15) is 5.75 Å². The van der Waals surface area contributed by atoms with E-state index in [4.69, 9.17) is 4.74 Å². The molecule has 0 fully saturated rings. The number of carbonyl (C=O) groups excluding carboxylic acids is 1. The maximum absolute atomic E-state index is 13.2. The molecule has 3 heteroatoms. The van der Waals surface area contributed by atoms with Crippen LogP contribution in [-0.2, 0) is 6.54 Å². The van der Waals surface area contributed by atoms with Crippen molar-refractivity contribution in [2.75, 3.05) is 4.90 Å². The molecule has 0 aliphatic carbocycles. The maximum Gasteiger partial charge on any atom is 0.420 e. The first kappa shape index (κ1) is 18.2. The zero-order chi connectivity index (χ0) is 20.3. The highest BCUT2D eigenvalue weighted by atomic mass is 16.6. The summed E-state index contributed by atoms with van der Waals surface area (Å²) in [6, 6.07) is 36.1. The number of ether oxygens (including phenoxy) is 1. The predicted molar refractivity (Wildman–Crippen MR) is 119 cm³/mol. The molecule has 4 aromatic carbocycles. The van der Waals surface area contributed by atoms with Crippen LogP contribution in [0.2, 0.25) is 0 Å². The Balaban J connectivity index is 1.65. The van der Waals surface area contributed by atoms with Gasteiger partial charge in [0.15, 0.2) is 0 Å². The second-order valence-electron chi connectivity index (χ2n) is 7.37. The number of amides is 1. The van der Waals surface area contributed by atoms with Gasteiger partial charge in [0, 0.05) is 5.92 Å². The van der Waals surface area contributed by atoms with E-state index in [0.29, 0.717) is 12.3 Å². The molecular formula is C27H21NO2. The van der Waals surface area contributed by atoms with E-state index in [9.17, 15) is 4.79 Å². The number of carbonyl (C=O) groups is 1. The zero-order valence-corrected chi connectivity index (χ0v) is 16.4. The van der Waals surface area contributed by atoms with E-state index in [1.807, 2.05) is 48.5 Å². The van der Waals surface area contributed by atoms with Crippen LogP contribution in [0, 0.1) is 0 Å². The van der Waals surface area contributed by atoms with Crippen molar-refractivity contribution in [2.45, 2.75) is 12.5 Å². The number of fused-ring (bicyclic) bond motifs is 2. The Morgan fingerprint density at radius 2 is 1.30 bits per heavy atom. The van der Waals surface area contributed by atoms with Crippen molar-refractivity contribution >= 4 is 11.8 Å². The lowest BCUT2D eigenvalue weighted by molar-refractivity contribution is 0.207. The monoisotopic (exact) mass is 391 g/mol. The Kier molecular flexibility index (Phi) is 4.78. The topological polar surface area (TPSA) is 29.5 Å². The summed E-state index contributed by atoms with van der Waals surface area (Å²) in [5.74, 6) is 0.588. The van der Waals surface area contributed by atoms with E-state index in [-0.39, 0.29) is 12.0 Å². The number of nitrogens with zero attached hydrogens (tertiary/aromatic N) is 1. The van der Waals surface area contributed by atoms with Gasteiger partial charge in [0.2, 0.25) is 0 Å². The molecule has 146 valence electrons. The summed E-state index contributed by atoms with van der Waals surface area (Å²) in [6.45, 7) is 0.461. The van der Waals surface area contributed by atoms with Crippen LogP contribution >= 0.6 is 0 Å². The van der Waals surface area contributed by atoms with Gasteiger partial charge in [-0.1, -0.05) is 91.0 Å². The standard InChI is InChI=1S/C27H21NO2/c29-27(30-22-14-5-2-6-15-22)28-19-21-13-7-8-16-23(21)26(20-11-3-1-4-12-20)24-17-9-10-18-25(24)28/h1-18,26H,19H2. The molecule has 3 nitrogen and oxygen atoms in total. The quantitative estimate of drug-likeness (QED) is 0.396. The zero-order valence-electron chi connectivity index (χ0n) is 16.4. The van der Waals surface area contributed by atoms with Gasteiger partial charge in [0.25, 0.3) is 0 Å². The summed E-state index contributed by atoms with van der Waals surface area (Å²) in [4.78, 5) is 15.0. The van der Waals surface area contributed by atoms with Crippen LogP contribution in [0.4, 0.5) is 10.5 Å². The fourth-order valence-corrected chi connectivity index (χ4v) is 4.17. The Morgan fingerprint density at radius 1 is 0.700 bits per heavy atom. The average molecular weight is 391 g/mol. The molecular weight excluding hydrogens is 370 g/mol. The summed E-state index contributed by atoms with van der Waals surface area (Å²) in [7, 11) is 0. The molecule has 1 atom stereocenters. The van der Waals surface area contributed by atoms with Gasteiger partial charge in [0.05, 0.1) is 12.2 Å². The Bertz CT molecular complexity index is 1170. The van der Waals surface area contributed by atoms with E-state index in [1.54, 1.807) is 17.0 Å². The molecule has 4 aromatic rings. The molecule has 0 bridgehead atoms. The highest BCUT2D eigenvalue weighted by molar-refractivity contribution is 5.91. The van der Waals surface area contributed by atoms with Gasteiger partial charge < -0.3 is 4.74 Å². The largest absolute Gasteiger partial charge is 0.420 e. The van der Waals surface area contributed by atoms with E-state index in [2.05, 4.69) is 48.5 Å². The van der Waals surface area contributed by atoms with E-state index >= 15 is 0 Å². The molecule has 1 aliphatic rings. The smallest absolute Gasteiger partial charge is 0.410 e. The molecule has 0 aromatic heterocycles. The minimum absolute atomic E-state index is 0.0492. The number of rotatable bonds is 2. The van der Waals surface area contributed by atoms with Crippen LogP contribution in [0.1, 0.15) is 28.2 Å². The molecule has 1 heterocycles. The number of benzene rings is 4. The Morgan fingerprint density at radius 3 is 2.07 bits per heavy atom. The highest BCUT2D eigenvalue weighted by Gasteiger charge is 2.31. The van der Waals surface area contributed by atoms with Crippen LogP contribution in [0.3, 0.4) is 0 Å². The summed E-state index contributed by atoms with van der Waals surface area (Å²) < 4.78 is 5.71. The summed E-state index contributed by atoms with van der Waals surface area (Å²) in [5.41, 5.74) is 5.51. The van der Waals surface area contributed by atoms with Crippen molar-refractivity contribution in [3.8, 4) is 5.75 Å². The minimum atomic E-state index is -0.378. The first-order valence-electron chi connectivity index (χ1n) is 10.1. The van der Waals surface area contributed by atoms with Gasteiger partial charge in [-0.05, 0) is 40.5 Å². The molecule has 1 amide bonds. The van der Waals surface area contributed by atoms with E-state index in [0.717, 1.165) is 16.8 Å². The predicted octanol–water partition coefficient (Wildman–Crippen LogP) is 6.39. The second kappa shape index (κ2) is 7.88. The molecule has 1 aliphatic heterocycles. The van der Waals surface area contributed by atoms with Crippen molar-refractivity contribution in [1.29, 1.82) is 0 Å². The van der Waals surface area contributed by atoms with Crippen LogP contribution < -0.4 is 9.64 Å². The maximum atomic E-state index is 13.2. The highest BCUT2D eigenvalue weighted by Crippen LogP contribution is 2.42. The lowest BCUT2D eigenvalue weighted by Crippen LogP contribution is -2.33.